The van der Waals surface area contributed by atoms with Gasteiger partial charge in [-0.2, -0.15) is 9.19 Å². The second-order valence-corrected chi connectivity index (χ2v) is 11.7. The van der Waals surface area contributed by atoms with Crippen molar-refractivity contribution in [1.29, 1.82) is 0 Å². The molecule has 4 rings (SSSR count). The van der Waals surface area contributed by atoms with Gasteiger partial charge in [0.05, 0.1) is 22.9 Å². The average Bonchev–Trinajstić information content (AvgIpc) is 3.18. The third-order valence-electron chi connectivity index (χ3n) is 7.25. The average molecular weight is 428 g/mol. The summed E-state index contributed by atoms with van der Waals surface area (Å²) in [6, 6.07) is 7.34. The summed E-state index contributed by atoms with van der Waals surface area (Å²) in [5.41, 5.74) is 2.27. The molecule has 0 spiro atoms. The van der Waals surface area contributed by atoms with Crippen LogP contribution in [-0.4, -0.2) is 40.7 Å². The molecule has 0 bridgehead atoms. The SMILES string of the molecule is CC1=C(C)C(C)(S(=O)(=O)n2ncc3ccccc32)CC=C1B1OC(C)(C)C(C)(C)O1. The third-order valence-corrected chi connectivity index (χ3v) is 9.61. The van der Waals surface area contributed by atoms with E-state index in [1.807, 2.05) is 65.8 Å². The van der Waals surface area contributed by atoms with Crippen LogP contribution in [0.3, 0.4) is 0 Å². The van der Waals surface area contributed by atoms with Crippen LogP contribution in [0.25, 0.3) is 10.9 Å². The van der Waals surface area contributed by atoms with Gasteiger partial charge in [0, 0.05) is 5.39 Å². The zero-order valence-corrected chi connectivity index (χ0v) is 19.5. The van der Waals surface area contributed by atoms with Crippen LogP contribution in [0.15, 0.2) is 53.2 Å². The Morgan fingerprint density at radius 1 is 1.03 bits per heavy atom. The fourth-order valence-corrected chi connectivity index (χ4v) is 5.91. The Labute approximate surface area is 179 Å². The standard InChI is InChI=1S/C22H29BN2O4S/c1-15-16(2)22(7,13-12-18(15)23-28-20(3,4)21(5,6)29-23)30(26,27)25-19-11-9-8-10-17(19)14-24-25/h8-12,14H,13H2,1-7H3. The number of rotatable bonds is 3. The van der Waals surface area contributed by atoms with Crippen LogP contribution in [0.5, 0.6) is 0 Å². The van der Waals surface area contributed by atoms with Gasteiger partial charge in [-0.25, -0.2) is 8.42 Å². The summed E-state index contributed by atoms with van der Waals surface area (Å²) in [7, 11) is -4.31. The fourth-order valence-electron chi connectivity index (χ4n) is 4.10. The molecule has 0 N–H and O–H groups in total. The second-order valence-electron chi connectivity index (χ2n) is 9.48. The molecule has 30 heavy (non-hydrogen) atoms. The lowest BCUT2D eigenvalue weighted by Gasteiger charge is -2.35. The van der Waals surface area contributed by atoms with Crippen LogP contribution in [0.4, 0.5) is 0 Å². The van der Waals surface area contributed by atoms with E-state index in [1.165, 1.54) is 4.09 Å². The monoisotopic (exact) mass is 428 g/mol. The molecular formula is C22H29BN2O4S. The largest absolute Gasteiger partial charge is 0.494 e. The molecule has 0 amide bonds. The van der Waals surface area contributed by atoms with E-state index in [2.05, 4.69) is 5.10 Å². The van der Waals surface area contributed by atoms with Gasteiger partial charge >= 0.3 is 7.12 Å². The third kappa shape index (κ3) is 2.84. The van der Waals surface area contributed by atoms with Gasteiger partial charge in [-0.15, -0.1) is 0 Å². The minimum atomic E-state index is -3.80. The molecule has 0 saturated carbocycles. The predicted octanol–water partition coefficient (Wildman–Crippen LogP) is 4.27. The summed E-state index contributed by atoms with van der Waals surface area (Å²) >= 11 is 0. The van der Waals surface area contributed by atoms with E-state index in [9.17, 15) is 8.42 Å². The first kappa shape index (κ1) is 21.3. The normalized spacial score (nSPS) is 26.4. The number of para-hydroxylation sites is 1. The Morgan fingerprint density at radius 3 is 2.27 bits per heavy atom. The van der Waals surface area contributed by atoms with Gasteiger partial charge < -0.3 is 9.31 Å². The van der Waals surface area contributed by atoms with Gasteiger partial charge in [0.15, 0.2) is 0 Å². The molecule has 1 aromatic heterocycles. The Hall–Kier alpha value is -1.90. The predicted molar refractivity (Wildman–Crippen MR) is 120 cm³/mol. The van der Waals surface area contributed by atoms with Crippen molar-refractivity contribution < 1.29 is 17.7 Å². The van der Waals surface area contributed by atoms with E-state index < -0.39 is 33.1 Å². The quantitative estimate of drug-likeness (QED) is 0.683. The molecule has 1 aromatic carbocycles. The van der Waals surface area contributed by atoms with Crippen molar-refractivity contribution in [3.05, 3.63) is 53.2 Å². The summed E-state index contributed by atoms with van der Waals surface area (Å²) in [6.45, 7) is 13.7. The van der Waals surface area contributed by atoms with E-state index >= 15 is 0 Å². The minimum Gasteiger partial charge on any atom is -0.399 e. The first-order valence-corrected chi connectivity index (χ1v) is 11.7. The lowest BCUT2D eigenvalue weighted by Crippen LogP contribution is -2.43. The maximum atomic E-state index is 13.7. The van der Waals surface area contributed by atoms with Crippen LogP contribution in [-0.2, 0) is 19.3 Å². The summed E-state index contributed by atoms with van der Waals surface area (Å²) in [6.07, 6.45) is 3.87. The van der Waals surface area contributed by atoms with Gasteiger partial charge in [0.1, 0.15) is 4.75 Å². The smallest absolute Gasteiger partial charge is 0.399 e. The molecule has 2 aromatic rings. The summed E-state index contributed by atoms with van der Waals surface area (Å²) < 4.78 is 40.0. The van der Waals surface area contributed by atoms with Gasteiger partial charge in [0.2, 0.25) is 0 Å². The molecule has 1 unspecified atom stereocenters. The van der Waals surface area contributed by atoms with Crippen molar-refractivity contribution in [2.24, 2.45) is 0 Å². The number of nitrogens with zero attached hydrogens (tertiary/aromatic N) is 2. The van der Waals surface area contributed by atoms with E-state index in [0.717, 1.165) is 22.0 Å². The van der Waals surface area contributed by atoms with Gasteiger partial charge in [-0.05, 0) is 72.0 Å². The van der Waals surface area contributed by atoms with Crippen molar-refractivity contribution in [1.82, 2.24) is 9.19 Å². The van der Waals surface area contributed by atoms with Gasteiger partial charge in [-0.1, -0.05) is 29.8 Å². The molecule has 1 aliphatic carbocycles. The van der Waals surface area contributed by atoms with Gasteiger partial charge in [0.25, 0.3) is 10.0 Å². The van der Waals surface area contributed by atoms with Gasteiger partial charge in [-0.3, -0.25) is 0 Å². The molecule has 8 heteroatoms. The van der Waals surface area contributed by atoms with Crippen molar-refractivity contribution >= 4 is 28.0 Å². The van der Waals surface area contributed by atoms with Crippen molar-refractivity contribution in [2.45, 2.75) is 70.8 Å². The van der Waals surface area contributed by atoms with Crippen LogP contribution >= 0.6 is 0 Å². The lowest BCUT2D eigenvalue weighted by atomic mass is 9.68. The Bertz CT molecular complexity index is 1180. The summed E-state index contributed by atoms with van der Waals surface area (Å²) in [5.74, 6) is 0. The number of hydrogen-bond acceptors (Lipinski definition) is 5. The highest BCUT2D eigenvalue weighted by Gasteiger charge is 2.54. The van der Waals surface area contributed by atoms with Crippen molar-refractivity contribution in [3.63, 3.8) is 0 Å². The second kappa shape index (κ2) is 6.55. The molecule has 1 saturated heterocycles. The number of hydrogen-bond donors (Lipinski definition) is 0. The van der Waals surface area contributed by atoms with Crippen LogP contribution in [0.1, 0.15) is 54.9 Å². The number of allylic oxidation sites excluding steroid dienone is 3. The van der Waals surface area contributed by atoms with Crippen molar-refractivity contribution in [3.8, 4) is 0 Å². The first-order valence-electron chi connectivity index (χ1n) is 10.2. The van der Waals surface area contributed by atoms with Crippen molar-refractivity contribution in [2.75, 3.05) is 0 Å². The zero-order valence-electron chi connectivity index (χ0n) is 18.7. The highest BCUT2D eigenvalue weighted by molar-refractivity contribution is 7.91. The molecule has 2 heterocycles. The van der Waals surface area contributed by atoms with E-state index in [1.54, 1.807) is 19.2 Å². The molecule has 0 radical (unpaired) electrons. The molecule has 6 nitrogen and oxygen atoms in total. The van der Waals surface area contributed by atoms with Crippen LogP contribution < -0.4 is 0 Å². The van der Waals surface area contributed by atoms with E-state index in [-0.39, 0.29) is 0 Å². The van der Waals surface area contributed by atoms with Crippen LogP contribution in [0, 0.1) is 0 Å². The van der Waals surface area contributed by atoms with Crippen LogP contribution in [0.2, 0.25) is 0 Å². The molecule has 1 aliphatic heterocycles. The minimum absolute atomic E-state index is 0.326. The molecular weight excluding hydrogens is 399 g/mol. The topological polar surface area (TPSA) is 70.4 Å². The Morgan fingerprint density at radius 2 is 1.63 bits per heavy atom. The van der Waals surface area contributed by atoms with E-state index in [4.69, 9.17) is 9.31 Å². The van der Waals surface area contributed by atoms with E-state index in [0.29, 0.717) is 11.9 Å². The highest BCUT2D eigenvalue weighted by Crippen LogP contribution is 2.45. The Kier molecular flexibility index (Phi) is 4.66. The number of aromatic nitrogens is 2. The first-order chi connectivity index (χ1) is 13.8. The summed E-state index contributed by atoms with van der Waals surface area (Å²) in [4.78, 5) is 0. The number of benzene rings is 1. The lowest BCUT2D eigenvalue weighted by molar-refractivity contribution is 0.00578. The molecule has 1 fully saturated rings. The maximum Gasteiger partial charge on any atom is 0.494 e. The Balaban J connectivity index is 1.74. The fraction of sp³-hybridized carbons (Fsp3) is 0.500. The summed E-state index contributed by atoms with van der Waals surface area (Å²) in [5, 5.41) is 5.02. The zero-order chi connectivity index (χ0) is 22.1. The molecule has 2 aliphatic rings. The number of fused-ring (bicyclic) bond motifs is 1. The molecule has 1 atom stereocenters. The maximum absolute atomic E-state index is 13.7. The molecule has 160 valence electrons. The highest BCUT2D eigenvalue weighted by atomic mass is 32.2.